The molecule has 170 valence electrons. The number of carbonyl (C=O) groups is 2. The summed E-state index contributed by atoms with van der Waals surface area (Å²) >= 11 is 6.01. The van der Waals surface area contributed by atoms with Gasteiger partial charge in [0.2, 0.25) is 0 Å². The van der Waals surface area contributed by atoms with Gasteiger partial charge >= 0.3 is 0 Å². The first-order valence-corrected chi connectivity index (χ1v) is 11.1. The second-order valence-electron chi connectivity index (χ2n) is 7.78. The molecule has 4 aromatic rings. The third-order valence-electron chi connectivity index (χ3n) is 5.45. The molecule has 1 amide bonds. The van der Waals surface area contributed by atoms with Gasteiger partial charge in [0.1, 0.15) is 5.69 Å². The Morgan fingerprint density at radius 3 is 2.41 bits per heavy atom. The molecule has 0 heterocycles. The van der Waals surface area contributed by atoms with Crippen molar-refractivity contribution in [3.63, 3.8) is 0 Å². The van der Waals surface area contributed by atoms with E-state index in [0.717, 1.165) is 10.9 Å². The number of hydrogen-bond acceptors (Lipinski definition) is 5. The number of amides is 1. The van der Waals surface area contributed by atoms with E-state index >= 15 is 0 Å². The van der Waals surface area contributed by atoms with Crippen LogP contribution in [0.2, 0.25) is 5.02 Å². The number of anilines is 1. The van der Waals surface area contributed by atoms with E-state index in [9.17, 15) is 14.7 Å². The molecular formula is C27H22ClN3O3. The summed E-state index contributed by atoms with van der Waals surface area (Å²) in [6.07, 6.45) is 0.422. The highest BCUT2D eigenvalue weighted by atomic mass is 35.5. The largest absolute Gasteiger partial charge is 0.505 e. The minimum atomic E-state index is -0.479. The SMILES string of the molecule is CCC(=O)c1ccc(N=Nc2c(O)c(C(=O)Nc3ccc(Cl)cc3C)cc3ccccc23)cc1. The summed E-state index contributed by atoms with van der Waals surface area (Å²) in [5, 5.41) is 24.3. The number of azo groups is 1. The van der Waals surface area contributed by atoms with E-state index in [4.69, 9.17) is 11.6 Å². The van der Waals surface area contributed by atoms with Gasteiger partial charge in [-0.1, -0.05) is 42.8 Å². The lowest BCUT2D eigenvalue weighted by molar-refractivity contribution is 0.0986. The van der Waals surface area contributed by atoms with Gasteiger partial charge in [0.15, 0.2) is 11.5 Å². The van der Waals surface area contributed by atoms with Crippen molar-refractivity contribution in [2.24, 2.45) is 10.2 Å². The molecule has 0 unspecified atom stereocenters. The van der Waals surface area contributed by atoms with Crippen LogP contribution >= 0.6 is 11.6 Å². The number of phenolic OH excluding ortho intramolecular Hbond substituents is 1. The molecule has 0 spiro atoms. The van der Waals surface area contributed by atoms with Crippen molar-refractivity contribution in [1.82, 2.24) is 0 Å². The molecule has 0 aromatic heterocycles. The number of benzene rings is 4. The zero-order chi connectivity index (χ0) is 24.2. The normalized spacial score (nSPS) is 11.1. The molecule has 0 aliphatic rings. The lowest BCUT2D eigenvalue weighted by Gasteiger charge is -2.12. The molecule has 4 rings (SSSR count). The zero-order valence-electron chi connectivity index (χ0n) is 18.7. The molecule has 4 aromatic carbocycles. The molecule has 0 atom stereocenters. The molecule has 0 radical (unpaired) electrons. The number of carbonyl (C=O) groups excluding carboxylic acids is 2. The Labute approximate surface area is 201 Å². The van der Waals surface area contributed by atoms with Crippen molar-refractivity contribution in [2.75, 3.05) is 5.32 Å². The predicted octanol–water partition coefficient (Wildman–Crippen LogP) is 7.77. The zero-order valence-corrected chi connectivity index (χ0v) is 19.4. The molecule has 0 aliphatic carbocycles. The van der Waals surface area contributed by atoms with Gasteiger partial charge in [-0.2, -0.15) is 5.11 Å². The number of aryl methyl sites for hydroxylation is 1. The van der Waals surface area contributed by atoms with Gasteiger partial charge in [0.05, 0.1) is 11.3 Å². The van der Waals surface area contributed by atoms with E-state index < -0.39 is 5.91 Å². The van der Waals surface area contributed by atoms with Crippen molar-refractivity contribution < 1.29 is 14.7 Å². The fraction of sp³-hybridized carbons (Fsp3) is 0.111. The third-order valence-corrected chi connectivity index (χ3v) is 5.69. The second kappa shape index (κ2) is 9.85. The van der Waals surface area contributed by atoms with Gasteiger partial charge in [-0.15, -0.1) is 5.11 Å². The fourth-order valence-corrected chi connectivity index (χ4v) is 3.80. The number of ketones is 1. The van der Waals surface area contributed by atoms with Crippen LogP contribution in [-0.4, -0.2) is 16.8 Å². The lowest BCUT2D eigenvalue weighted by Crippen LogP contribution is -2.13. The summed E-state index contributed by atoms with van der Waals surface area (Å²) < 4.78 is 0. The average Bonchev–Trinajstić information content (AvgIpc) is 2.84. The lowest BCUT2D eigenvalue weighted by atomic mass is 10.0. The first-order chi connectivity index (χ1) is 16.4. The summed E-state index contributed by atoms with van der Waals surface area (Å²) in [5.41, 5.74) is 2.77. The van der Waals surface area contributed by atoms with Crippen LogP contribution in [0, 0.1) is 6.92 Å². The second-order valence-corrected chi connectivity index (χ2v) is 8.22. The van der Waals surface area contributed by atoms with E-state index in [-0.39, 0.29) is 22.8 Å². The molecule has 2 N–H and O–H groups in total. The predicted molar refractivity (Wildman–Crippen MR) is 135 cm³/mol. The Balaban J connectivity index is 1.72. The molecule has 7 heteroatoms. The summed E-state index contributed by atoms with van der Waals surface area (Å²) in [5.74, 6) is -0.710. The van der Waals surface area contributed by atoms with Crippen LogP contribution in [0.3, 0.4) is 0 Å². The number of rotatable bonds is 6. The van der Waals surface area contributed by atoms with Crippen molar-refractivity contribution in [1.29, 1.82) is 0 Å². The topological polar surface area (TPSA) is 91.1 Å². The monoisotopic (exact) mass is 471 g/mol. The molecule has 0 aliphatic heterocycles. The number of phenols is 1. The highest BCUT2D eigenvalue weighted by Crippen LogP contribution is 2.39. The Morgan fingerprint density at radius 1 is 0.971 bits per heavy atom. The van der Waals surface area contributed by atoms with E-state index in [0.29, 0.717) is 33.8 Å². The minimum absolute atomic E-state index is 0.0433. The van der Waals surface area contributed by atoms with Crippen molar-refractivity contribution in [2.45, 2.75) is 20.3 Å². The fourth-order valence-electron chi connectivity index (χ4n) is 3.57. The number of nitrogens with one attached hydrogen (secondary N) is 1. The standard InChI is InChI=1S/C27H22ClN3O3/c1-3-24(32)17-8-11-20(12-9-17)30-31-25-21-7-5-4-6-18(21)15-22(26(25)33)27(34)29-23-13-10-19(28)14-16(23)2/h4-15,33H,3H2,1-2H3,(H,29,34). The first kappa shape index (κ1) is 23.1. The average molecular weight is 472 g/mol. The van der Waals surface area contributed by atoms with Crippen molar-refractivity contribution in [3.05, 3.63) is 94.5 Å². The van der Waals surface area contributed by atoms with Gasteiger partial charge in [0.25, 0.3) is 5.91 Å². The highest BCUT2D eigenvalue weighted by molar-refractivity contribution is 6.30. The maximum Gasteiger partial charge on any atom is 0.259 e. The van der Waals surface area contributed by atoms with Crippen molar-refractivity contribution >= 4 is 51.1 Å². The number of halogens is 1. The van der Waals surface area contributed by atoms with Crippen LogP contribution in [0.1, 0.15) is 39.6 Å². The van der Waals surface area contributed by atoms with Gasteiger partial charge in [-0.3, -0.25) is 9.59 Å². The van der Waals surface area contributed by atoms with E-state index in [1.54, 1.807) is 61.5 Å². The molecule has 34 heavy (non-hydrogen) atoms. The number of nitrogens with zero attached hydrogens (tertiary/aromatic N) is 2. The number of hydrogen-bond donors (Lipinski definition) is 2. The Kier molecular flexibility index (Phi) is 6.70. The van der Waals surface area contributed by atoms with Gasteiger partial charge in [0, 0.05) is 28.1 Å². The molecule has 0 saturated heterocycles. The van der Waals surface area contributed by atoms with Crippen LogP contribution in [0.5, 0.6) is 5.75 Å². The molecule has 0 bridgehead atoms. The third kappa shape index (κ3) is 4.82. The maximum atomic E-state index is 13.1. The Hall–Kier alpha value is -4.03. The van der Waals surface area contributed by atoms with Crippen LogP contribution in [-0.2, 0) is 0 Å². The highest BCUT2D eigenvalue weighted by Gasteiger charge is 2.19. The molecular weight excluding hydrogens is 450 g/mol. The smallest absolute Gasteiger partial charge is 0.259 e. The van der Waals surface area contributed by atoms with Crippen LogP contribution in [0.4, 0.5) is 17.1 Å². The number of fused-ring (bicyclic) bond motifs is 1. The molecule has 0 saturated carbocycles. The van der Waals surface area contributed by atoms with Gasteiger partial charge in [-0.05, 0) is 66.4 Å². The van der Waals surface area contributed by atoms with Crippen LogP contribution in [0.15, 0.2) is 83.0 Å². The van der Waals surface area contributed by atoms with E-state index in [2.05, 4.69) is 15.5 Å². The van der Waals surface area contributed by atoms with Crippen molar-refractivity contribution in [3.8, 4) is 5.75 Å². The summed E-state index contributed by atoms with van der Waals surface area (Å²) in [6.45, 7) is 3.64. The van der Waals surface area contributed by atoms with Crippen LogP contribution < -0.4 is 5.32 Å². The molecule has 0 fully saturated rings. The Bertz CT molecular complexity index is 1430. The van der Waals surface area contributed by atoms with Gasteiger partial charge in [-0.25, -0.2) is 0 Å². The van der Waals surface area contributed by atoms with Gasteiger partial charge < -0.3 is 10.4 Å². The number of aromatic hydroxyl groups is 1. The summed E-state index contributed by atoms with van der Waals surface area (Å²) in [4.78, 5) is 24.9. The minimum Gasteiger partial charge on any atom is -0.505 e. The summed E-state index contributed by atoms with van der Waals surface area (Å²) in [6, 6.07) is 20.8. The van der Waals surface area contributed by atoms with Crippen LogP contribution in [0.25, 0.3) is 10.8 Å². The summed E-state index contributed by atoms with van der Waals surface area (Å²) in [7, 11) is 0. The maximum absolute atomic E-state index is 13.1. The van der Waals surface area contributed by atoms with E-state index in [1.807, 2.05) is 25.1 Å². The quantitative estimate of drug-likeness (QED) is 0.222. The molecule has 6 nitrogen and oxygen atoms in total. The van der Waals surface area contributed by atoms with E-state index in [1.165, 1.54) is 0 Å². The number of Topliss-reactive ketones (excluding diaryl/α,β-unsaturated/α-hetero) is 1. The Morgan fingerprint density at radius 2 is 1.71 bits per heavy atom. The first-order valence-electron chi connectivity index (χ1n) is 10.7.